The molecule has 0 spiro atoms. The Morgan fingerprint density at radius 3 is 2.26 bits per heavy atom. The second-order valence-electron chi connectivity index (χ2n) is 7.97. The van der Waals surface area contributed by atoms with Crippen molar-refractivity contribution in [2.45, 2.75) is 25.9 Å². The number of nitrogens with zero attached hydrogens (tertiary/aromatic N) is 3. The van der Waals surface area contributed by atoms with Crippen LogP contribution in [0, 0.1) is 11.6 Å². The number of rotatable bonds is 6. The van der Waals surface area contributed by atoms with Crippen molar-refractivity contribution in [1.29, 1.82) is 0 Å². The minimum absolute atomic E-state index is 0.00207. The minimum atomic E-state index is -4.45. The van der Waals surface area contributed by atoms with Crippen LogP contribution in [0.15, 0.2) is 76.3 Å². The predicted octanol–water partition coefficient (Wildman–Crippen LogP) is 9.39. The van der Waals surface area contributed by atoms with E-state index < -0.39 is 23.4 Å². The molecule has 0 unspecified atom stereocenters. The van der Waals surface area contributed by atoms with E-state index in [1.54, 1.807) is 17.5 Å². The summed E-state index contributed by atoms with van der Waals surface area (Å²) in [6.07, 6.45) is -4.45. The molecule has 1 aromatic heterocycles. The highest BCUT2D eigenvalue weighted by Gasteiger charge is 2.30. The fourth-order valence-electron chi connectivity index (χ4n) is 3.18. The molecule has 0 amide bonds. The molecule has 35 heavy (non-hydrogen) atoms. The number of azo groups is 1. The Morgan fingerprint density at radius 2 is 1.57 bits per heavy atom. The maximum Gasteiger partial charge on any atom is 0.416 e. The number of anilines is 2. The molecule has 180 valence electrons. The van der Waals surface area contributed by atoms with Gasteiger partial charge in [-0.2, -0.15) is 13.2 Å². The number of hydrogen-bond acceptors (Lipinski definition) is 5. The number of hydrogen-bond donors (Lipinski definition) is 1. The van der Waals surface area contributed by atoms with Gasteiger partial charge in [0.1, 0.15) is 11.4 Å². The maximum atomic E-state index is 14.4. The fraction of sp³-hybridized carbons (Fsp3) is 0.160. The Hall–Kier alpha value is -3.66. The molecule has 0 fully saturated rings. The van der Waals surface area contributed by atoms with Crippen molar-refractivity contribution in [1.82, 2.24) is 4.98 Å². The van der Waals surface area contributed by atoms with Crippen LogP contribution in [0.2, 0.25) is 0 Å². The van der Waals surface area contributed by atoms with Gasteiger partial charge in [-0.05, 0) is 60.0 Å². The number of thiazole rings is 1. The molecule has 10 heteroatoms. The van der Waals surface area contributed by atoms with Crippen LogP contribution in [0.25, 0.3) is 11.3 Å². The summed E-state index contributed by atoms with van der Waals surface area (Å²) in [6.45, 7) is 3.92. The fourth-order valence-corrected chi connectivity index (χ4v) is 3.92. The topological polar surface area (TPSA) is 49.6 Å². The van der Waals surface area contributed by atoms with Crippen LogP contribution in [0.5, 0.6) is 0 Å². The number of nitrogens with one attached hydrogen (secondary N) is 1. The summed E-state index contributed by atoms with van der Waals surface area (Å²) in [5.74, 6) is -1.05. The SMILES string of the molecule is CC(C)c1ccc(F)c(/N=N\c2cc(-c3csc(Nc4cccc(C(F)(F)F)c4)n3)ccc2F)c1. The number of alkyl halides is 3. The average molecular weight is 503 g/mol. The number of halogens is 5. The monoisotopic (exact) mass is 502 g/mol. The number of aromatic nitrogens is 1. The van der Waals surface area contributed by atoms with Gasteiger partial charge in [0, 0.05) is 16.6 Å². The van der Waals surface area contributed by atoms with Crippen LogP contribution in [-0.4, -0.2) is 4.98 Å². The van der Waals surface area contributed by atoms with Gasteiger partial charge in [0.25, 0.3) is 0 Å². The van der Waals surface area contributed by atoms with E-state index in [9.17, 15) is 22.0 Å². The predicted molar refractivity (Wildman–Crippen MR) is 127 cm³/mol. The first-order valence-electron chi connectivity index (χ1n) is 10.5. The van der Waals surface area contributed by atoms with Crippen LogP contribution in [-0.2, 0) is 6.18 Å². The molecule has 0 aliphatic carbocycles. The quantitative estimate of drug-likeness (QED) is 0.211. The Morgan fingerprint density at radius 1 is 0.886 bits per heavy atom. The third-order valence-electron chi connectivity index (χ3n) is 5.09. The highest BCUT2D eigenvalue weighted by molar-refractivity contribution is 7.14. The van der Waals surface area contributed by atoms with Crippen molar-refractivity contribution in [2.24, 2.45) is 10.2 Å². The van der Waals surface area contributed by atoms with E-state index in [-0.39, 0.29) is 23.0 Å². The first kappa shape index (κ1) is 24.5. The van der Waals surface area contributed by atoms with Crippen LogP contribution in [0.1, 0.15) is 30.9 Å². The zero-order valence-corrected chi connectivity index (χ0v) is 19.4. The van der Waals surface area contributed by atoms with Gasteiger partial charge >= 0.3 is 6.18 Å². The zero-order valence-electron chi connectivity index (χ0n) is 18.6. The van der Waals surface area contributed by atoms with Crippen molar-refractivity contribution in [3.63, 3.8) is 0 Å². The van der Waals surface area contributed by atoms with Crippen LogP contribution in [0.4, 0.5) is 44.1 Å². The van der Waals surface area contributed by atoms with E-state index in [1.165, 1.54) is 47.7 Å². The molecule has 0 saturated heterocycles. The summed E-state index contributed by atoms with van der Waals surface area (Å²) >= 11 is 1.18. The van der Waals surface area contributed by atoms with E-state index >= 15 is 0 Å². The van der Waals surface area contributed by atoms with Crippen molar-refractivity contribution in [3.8, 4) is 11.3 Å². The molecule has 0 atom stereocenters. The van der Waals surface area contributed by atoms with E-state index in [1.807, 2.05) is 13.8 Å². The van der Waals surface area contributed by atoms with Gasteiger partial charge in [-0.25, -0.2) is 13.8 Å². The van der Waals surface area contributed by atoms with Crippen LogP contribution >= 0.6 is 11.3 Å². The molecule has 4 aromatic rings. The van der Waals surface area contributed by atoms with E-state index in [4.69, 9.17) is 0 Å². The van der Waals surface area contributed by atoms with Crippen molar-refractivity contribution < 1.29 is 22.0 Å². The lowest BCUT2D eigenvalue weighted by Gasteiger charge is -2.09. The Balaban J connectivity index is 1.56. The van der Waals surface area contributed by atoms with Crippen LogP contribution in [0.3, 0.4) is 0 Å². The van der Waals surface area contributed by atoms with Crippen molar-refractivity contribution in [3.05, 3.63) is 88.8 Å². The molecular formula is C25H19F5N4S. The zero-order chi connectivity index (χ0) is 25.2. The molecular weight excluding hydrogens is 483 g/mol. The number of benzene rings is 3. The summed E-state index contributed by atoms with van der Waals surface area (Å²) < 4.78 is 67.3. The standard InChI is InChI=1S/C25H19F5N4S/c1-14(2)15-6-8-19(26)21(10-15)33-34-22-11-16(7-9-20(22)27)23-13-35-24(32-23)31-18-5-3-4-17(12-18)25(28,29)30/h3-14H,1-2H3,(H,31,32)/b34-33-. The van der Waals surface area contributed by atoms with Gasteiger partial charge < -0.3 is 5.32 Å². The lowest BCUT2D eigenvalue weighted by Crippen LogP contribution is -2.05. The van der Waals surface area contributed by atoms with Gasteiger partial charge in [-0.1, -0.05) is 26.0 Å². The van der Waals surface area contributed by atoms with Crippen molar-refractivity contribution in [2.75, 3.05) is 5.32 Å². The van der Waals surface area contributed by atoms with Gasteiger partial charge in [-0.3, -0.25) is 0 Å². The highest BCUT2D eigenvalue weighted by Crippen LogP contribution is 2.34. The van der Waals surface area contributed by atoms with Gasteiger partial charge in [-0.15, -0.1) is 21.6 Å². The third kappa shape index (κ3) is 5.89. The smallest absolute Gasteiger partial charge is 0.332 e. The Kier molecular flexibility index (Phi) is 6.93. The normalized spacial score (nSPS) is 12.0. The molecule has 0 saturated carbocycles. The molecule has 3 aromatic carbocycles. The highest BCUT2D eigenvalue weighted by atomic mass is 32.1. The molecule has 0 aliphatic rings. The van der Waals surface area contributed by atoms with E-state index in [2.05, 4.69) is 20.5 Å². The maximum absolute atomic E-state index is 14.4. The summed E-state index contributed by atoms with van der Waals surface area (Å²) in [6, 6.07) is 13.4. The lowest BCUT2D eigenvalue weighted by molar-refractivity contribution is -0.137. The summed E-state index contributed by atoms with van der Waals surface area (Å²) in [7, 11) is 0. The molecule has 0 aliphatic heterocycles. The molecule has 4 rings (SSSR count). The van der Waals surface area contributed by atoms with Gasteiger partial charge in [0.05, 0.1) is 11.3 Å². The molecule has 4 nitrogen and oxygen atoms in total. The van der Waals surface area contributed by atoms with E-state index in [0.717, 1.165) is 17.7 Å². The Bertz CT molecular complexity index is 1380. The largest absolute Gasteiger partial charge is 0.416 e. The summed E-state index contributed by atoms with van der Waals surface area (Å²) in [5.41, 5.74) is 1.22. The van der Waals surface area contributed by atoms with Gasteiger partial charge in [0.15, 0.2) is 16.8 Å². The molecule has 1 N–H and O–H groups in total. The third-order valence-corrected chi connectivity index (χ3v) is 5.85. The average Bonchev–Trinajstić information content (AvgIpc) is 3.27. The second-order valence-corrected chi connectivity index (χ2v) is 8.83. The van der Waals surface area contributed by atoms with E-state index in [0.29, 0.717) is 16.4 Å². The van der Waals surface area contributed by atoms with Crippen LogP contribution < -0.4 is 5.32 Å². The first-order chi connectivity index (χ1) is 16.6. The lowest BCUT2D eigenvalue weighted by atomic mass is 10.0. The first-order valence-corrected chi connectivity index (χ1v) is 11.4. The van der Waals surface area contributed by atoms with Crippen molar-refractivity contribution >= 4 is 33.5 Å². The molecule has 0 radical (unpaired) electrons. The minimum Gasteiger partial charge on any atom is -0.332 e. The Labute approximate surface area is 202 Å². The summed E-state index contributed by atoms with van der Waals surface area (Å²) in [5, 5.41) is 12.7. The summed E-state index contributed by atoms with van der Waals surface area (Å²) in [4.78, 5) is 4.37. The molecule has 1 heterocycles. The molecule has 0 bridgehead atoms. The van der Waals surface area contributed by atoms with Gasteiger partial charge in [0.2, 0.25) is 0 Å². The second kappa shape index (κ2) is 9.91.